The highest BCUT2D eigenvalue weighted by molar-refractivity contribution is 5.93. The van der Waals surface area contributed by atoms with Crippen molar-refractivity contribution >= 4 is 28.4 Å². The molecule has 0 radical (unpaired) electrons. The second-order valence-electron chi connectivity index (χ2n) is 9.03. The summed E-state index contributed by atoms with van der Waals surface area (Å²) in [5.74, 6) is 0.736. The van der Waals surface area contributed by atoms with Gasteiger partial charge in [-0.1, -0.05) is 0 Å². The monoisotopic (exact) mass is 457 g/mol. The second kappa shape index (κ2) is 9.46. The Labute approximate surface area is 192 Å². The average Bonchev–Trinajstić information content (AvgIpc) is 3.44. The van der Waals surface area contributed by atoms with E-state index in [4.69, 9.17) is 10.5 Å². The number of rotatable bonds is 8. The fourth-order valence-electron chi connectivity index (χ4n) is 4.45. The number of methoxy groups -OCH3 is 1. The minimum atomic E-state index is -0.491. The standard InChI is InChI=1S/C23H32FN7O2/c1-14(2)30-10-8-15(13-30)22(32)29(3)9-6-5-7-20-27-21-16-11-17(24)19(33-4)12-18(16)26-23(25)31(21)28-20/h11-12,14-15H,5-10,13H2,1-4H3,(H2,25,26)/t15-/m0/s1. The van der Waals surface area contributed by atoms with Gasteiger partial charge in [-0.3, -0.25) is 4.79 Å². The van der Waals surface area contributed by atoms with Gasteiger partial charge in [-0.05, 0) is 45.7 Å². The van der Waals surface area contributed by atoms with Gasteiger partial charge in [-0.25, -0.2) is 14.4 Å². The Kier molecular flexibility index (Phi) is 6.64. The fraction of sp³-hybridized carbons (Fsp3) is 0.565. The van der Waals surface area contributed by atoms with E-state index in [1.807, 2.05) is 11.9 Å². The highest BCUT2D eigenvalue weighted by atomic mass is 19.1. The number of hydrogen-bond acceptors (Lipinski definition) is 7. The number of nitrogens with zero attached hydrogens (tertiary/aromatic N) is 6. The van der Waals surface area contributed by atoms with Crippen molar-refractivity contribution in [1.29, 1.82) is 0 Å². The van der Waals surface area contributed by atoms with E-state index in [9.17, 15) is 9.18 Å². The number of benzene rings is 1. The highest BCUT2D eigenvalue weighted by Gasteiger charge is 2.31. The molecule has 4 rings (SSSR count). The van der Waals surface area contributed by atoms with Crippen LogP contribution in [0.15, 0.2) is 12.1 Å². The smallest absolute Gasteiger partial charge is 0.226 e. The molecule has 1 fully saturated rings. The van der Waals surface area contributed by atoms with Crippen LogP contribution in [0.5, 0.6) is 5.75 Å². The molecule has 33 heavy (non-hydrogen) atoms. The molecular weight excluding hydrogens is 425 g/mol. The Morgan fingerprint density at radius 2 is 2.12 bits per heavy atom. The summed E-state index contributed by atoms with van der Waals surface area (Å²) in [6.45, 7) is 6.88. The molecule has 9 nitrogen and oxygen atoms in total. The summed E-state index contributed by atoms with van der Waals surface area (Å²) in [4.78, 5) is 25.8. The Bertz CT molecular complexity index is 1160. The van der Waals surface area contributed by atoms with Crippen molar-refractivity contribution in [2.45, 2.75) is 45.6 Å². The normalized spacial score (nSPS) is 16.8. The Morgan fingerprint density at radius 3 is 2.82 bits per heavy atom. The molecule has 178 valence electrons. The van der Waals surface area contributed by atoms with E-state index in [2.05, 4.69) is 33.8 Å². The highest BCUT2D eigenvalue weighted by Crippen LogP contribution is 2.27. The number of aryl methyl sites for hydroxylation is 1. The number of hydrogen-bond donors (Lipinski definition) is 1. The number of carbonyl (C=O) groups is 1. The van der Waals surface area contributed by atoms with Crippen molar-refractivity contribution in [3.05, 3.63) is 23.8 Å². The molecule has 3 heterocycles. The zero-order valence-electron chi connectivity index (χ0n) is 19.7. The lowest BCUT2D eigenvalue weighted by molar-refractivity contribution is -0.133. The number of fused-ring (bicyclic) bond motifs is 3. The van der Waals surface area contributed by atoms with Crippen molar-refractivity contribution in [3.8, 4) is 5.75 Å². The number of carbonyl (C=O) groups excluding carboxylic acids is 1. The fourth-order valence-corrected chi connectivity index (χ4v) is 4.45. The maximum absolute atomic E-state index is 14.2. The molecule has 2 aromatic heterocycles. The summed E-state index contributed by atoms with van der Waals surface area (Å²) in [6.07, 6.45) is 3.24. The Hall–Kier alpha value is -3.01. The number of unbranched alkanes of at least 4 members (excludes halogenated alkanes) is 1. The van der Waals surface area contributed by atoms with Crippen molar-refractivity contribution < 1.29 is 13.9 Å². The molecule has 0 bridgehead atoms. The van der Waals surface area contributed by atoms with Gasteiger partial charge >= 0.3 is 0 Å². The quantitative estimate of drug-likeness (QED) is 0.519. The van der Waals surface area contributed by atoms with Crippen LogP contribution in [0, 0.1) is 11.7 Å². The first-order chi connectivity index (χ1) is 15.8. The molecule has 0 spiro atoms. The number of likely N-dealkylation sites (tertiary alicyclic amines) is 1. The van der Waals surface area contributed by atoms with Crippen molar-refractivity contribution in [2.24, 2.45) is 5.92 Å². The van der Waals surface area contributed by atoms with E-state index in [-0.39, 0.29) is 23.5 Å². The van der Waals surface area contributed by atoms with Crippen LogP contribution in [0.1, 0.15) is 38.9 Å². The number of amides is 1. The molecule has 10 heteroatoms. The third-order valence-corrected chi connectivity index (χ3v) is 6.43. The summed E-state index contributed by atoms with van der Waals surface area (Å²) in [6, 6.07) is 3.33. The Morgan fingerprint density at radius 1 is 1.33 bits per heavy atom. The van der Waals surface area contributed by atoms with Crippen LogP contribution < -0.4 is 10.5 Å². The second-order valence-corrected chi connectivity index (χ2v) is 9.03. The molecule has 0 unspecified atom stereocenters. The predicted molar refractivity (Wildman–Crippen MR) is 125 cm³/mol. The van der Waals surface area contributed by atoms with E-state index < -0.39 is 5.82 Å². The van der Waals surface area contributed by atoms with Crippen molar-refractivity contribution in [1.82, 2.24) is 29.4 Å². The largest absolute Gasteiger partial charge is 0.494 e. The number of halogens is 1. The van der Waals surface area contributed by atoms with E-state index >= 15 is 0 Å². The summed E-state index contributed by atoms with van der Waals surface area (Å²) in [5, 5.41) is 4.98. The van der Waals surface area contributed by atoms with Crippen LogP contribution in [-0.4, -0.2) is 75.1 Å². The Balaban J connectivity index is 1.37. The summed E-state index contributed by atoms with van der Waals surface area (Å²) in [7, 11) is 3.28. The molecular formula is C23H32FN7O2. The first kappa shape index (κ1) is 23.2. The van der Waals surface area contributed by atoms with Gasteiger partial charge in [-0.15, -0.1) is 5.10 Å². The van der Waals surface area contributed by atoms with E-state index in [1.165, 1.54) is 23.8 Å². The lowest BCUT2D eigenvalue weighted by atomic mass is 10.1. The summed E-state index contributed by atoms with van der Waals surface area (Å²) < 4.78 is 20.7. The molecule has 1 amide bonds. The summed E-state index contributed by atoms with van der Waals surface area (Å²) >= 11 is 0. The topological polar surface area (TPSA) is 102 Å². The lowest BCUT2D eigenvalue weighted by Crippen LogP contribution is -2.36. The maximum atomic E-state index is 14.2. The van der Waals surface area contributed by atoms with Crippen molar-refractivity contribution in [2.75, 3.05) is 39.5 Å². The summed E-state index contributed by atoms with van der Waals surface area (Å²) in [5.41, 5.74) is 7.02. The first-order valence-corrected chi connectivity index (χ1v) is 11.5. The van der Waals surface area contributed by atoms with Gasteiger partial charge in [0.25, 0.3) is 0 Å². The van der Waals surface area contributed by atoms with Crippen LogP contribution in [0.4, 0.5) is 10.3 Å². The van der Waals surface area contributed by atoms with Crippen LogP contribution in [-0.2, 0) is 11.2 Å². The number of nitrogen functional groups attached to an aromatic ring is 1. The molecule has 2 N–H and O–H groups in total. The first-order valence-electron chi connectivity index (χ1n) is 11.5. The van der Waals surface area contributed by atoms with Gasteiger partial charge in [0.05, 0.1) is 18.5 Å². The maximum Gasteiger partial charge on any atom is 0.226 e. The van der Waals surface area contributed by atoms with Crippen LogP contribution >= 0.6 is 0 Å². The number of aromatic nitrogens is 4. The van der Waals surface area contributed by atoms with Gasteiger partial charge in [0, 0.05) is 44.1 Å². The third-order valence-electron chi connectivity index (χ3n) is 6.43. The molecule has 1 aliphatic heterocycles. The predicted octanol–water partition coefficient (Wildman–Crippen LogP) is 2.52. The van der Waals surface area contributed by atoms with Gasteiger partial charge in [-0.2, -0.15) is 4.52 Å². The molecule has 1 saturated heterocycles. The van der Waals surface area contributed by atoms with Gasteiger partial charge < -0.3 is 20.3 Å². The zero-order valence-corrected chi connectivity index (χ0v) is 19.7. The van der Waals surface area contributed by atoms with Gasteiger partial charge in [0.1, 0.15) is 0 Å². The minimum Gasteiger partial charge on any atom is -0.494 e. The molecule has 3 aromatic rings. The lowest BCUT2D eigenvalue weighted by Gasteiger charge is -2.23. The molecule has 1 aliphatic rings. The number of nitrogens with two attached hydrogens (primary N) is 1. The van der Waals surface area contributed by atoms with E-state index in [0.29, 0.717) is 41.4 Å². The minimum absolute atomic E-state index is 0.0975. The SMILES string of the molecule is COc1cc2nc(N)n3nc(CCCCN(C)C(=O)[C@H]4CCN(C(C)C)C4)nc3c2cc1F. The number of ether oxygens (including phenoxy) is 1. The van der Waals surface area contributed by atoms with Crippen molar-refractivity contribution in [3.63, 3.8) is 0 Å². The number of anilines is 1. The molecule has 1 aromatic carbocycles. The zero-order chi connectivity index (χ0) is 23.7. The molecule has 0 saturated carbocycles. The van der Waals surface area contributed by atoms with Crippen LogP contribution in [0.25, 0.3) is 16.6 Å². The molecule has 0 aliphatic carbocycles. The van der Waals surface area contributed by atoms with Crippen LogP contribution in [0.2, 0.25) is 0 Å². The van der Waals surface area contributed by atoms with E-state index in [0.717, 1.165) is 32.4 Å². The van der Waals surface area contributed by atoms with Gasteiger partial charge in [0.2, 0.25) is 11.9 Å². The van der Waals surface area contributed by atoms with E-state index in [1.54, 1.807) is 0 Å². The third kappa shape index (κ3) is 4.71. The average molecular weight is 458 g/mol. The van der Waals surface area contributed by atoms with Gasteiger partial charge in [0.15, 0.2) is 23.0 Å². The van der Waals surface area contributed by atoms with Crippen LogP contribution in [0.3, 0.4) is 0 Å². The molecule has 1 atom stereocenters.